The van der Waals surface area contributed by atoms with Crippen molar-refractivity contribution in [1.29, 1.82) is 0 Å². The van der Waals surface area contributed by atoms with Crippen LogP contribution in [0.5, 0.6) is 5.75 Å². The van der Waals surface area contributed by atoms with E-state index in [-0.39, 0.29) is 18.3 Å². The van der Waals surface area contributed by atoms with E-state index in [9.17, 15) is 9.90 Å². The highest BCUT2D eigenvalue weighted by atomic mass is 16.4. The summed E-state index contributed by atoms with van der Waals surface area (Å²) < 4.78 is 0. The summed E-state index contributed by atoms with van der Waals surface area (Å²) in [4.78, 5) is 12.6. The van der Waals surface area contributed by atoms with Crippen LogP contribution in [0.4, 0.5) is 0 Å². The quantitative estimate of drug-likeness (QED) is 0.791. The molecule has 1 unspecified atom stereocenters. The third-order valence-electron chi connectivity index (χ3n) is 2.84. The molecule has 0 bridgehead atoms. The number of phenolic OH excluding ortho intramolecular Hbond substituents is 1. The van der Waals surface area contributed by atoms with Crippen molar-refractivity contribution in [3.63, 3.8) is 0 Å². The van der Waals surface area contributed by atoms with E-state index in [4.69, 9.17) is 5.11 Å². The van der Waals surface area contributed by atoms with Crippen molar-refractivity contribution < 1.29 is 15.0 Å². The smallest absolute Gasteiger partial charge is 0.317 e. The topological polar surface area (TPSA) is 60.8 Å². The van der Waals surface area contributed by atoms with Gasteiger partial charge in [-0.25, -0.2) is 0 Å². The van der Waals surface area contributed by atoms with Gasteiger partial charge < -0.3 is 10.2 Å². The van der Waals surface area contributed by atoms with Gasteiger partial charge in [0.1, 0.15) is 5.75 Å². The van der Waals surface area contributed by atoms with Gasteiger partial charge in [0.05, 0.1) is 6.54 Å². The summed E-state index contributed by atoms with van der Waals surface area (Å²) in [7, 11) is 0. The third-order valence-corrected chi connectivity index (χ3v) is 2.84. The zero-order valence-corrected chi connectivity index (χ0v) is 10.3. The molecule has 17 heavy (non-hydrogen) atoms. The van der Waals surface area contributed by atoms with Crippen LogP contribution in [0.3, 0.4) is 0 Å². The summed E-state index contributed by atoms with van der Waals surface area (Å²) in [5, 5.41) is 18.0. The van der Waals surface area contributed by atoms with Gasteiger partial charge in [0.2, 0.25) is 0 Å². The van der Waals surface area contributed by atoms with E-state index in [0.29, 0.717) is 6.54 Å². The number of aliphatic carboxylic acids is 1. The number of hydrogen-bond donors (Lipinski definition) is 2. The second-order valence-electron chi connectivity index (χ2n) is 4.18. The second-order valence-corrected chi connectivity index (χ2v) is 4.18. The number of likely N-dealkylation sites (N-methyl/N-ethyl adjacent to an activating group) is 1. The standard InChI is InChI=1S/C13H19NO3/c1-3-14(9-13(16)17)10(2)8-11-4-6-12(15)7-5-11/h4-7,10,15H,3,8-9H2,1-2H3,(H,16,17). The monoisotopic (exact) mass is 237 g/mol. The van der Waals surface area contributed by atoms with E-state index in [2.05, 4.69) is 0 Å². The van der Waals surface area contributed by atoms with E-state index < -0.39 is 5.97 Å². The van der Waals surface area contributed by atoms with Crippen molar-refractivity contribution in [1.82, 2.24) is 4.90 Å². The molecule has 1 aromatic rings. The van der Waals surface area contributed by atoms with Crippen LogP contribution in [-0.4, -0.2) is 40.2 Å². The van der Waals surface area contributed by atoms with Gasteiger partial charge in [0.25, 0.3) is 0 Å². The Hall–Kier alpha value is -1.55. The van der Waals surface area contributed by atoms with Crippen molar-refractivity contribution in [2.75, 3.05) is 13.1 Å². The lowest BCUT2D eigenvalue weighted by Crippen LogP contribution is -2.38. The lowest BCUT2D eigenvalue weighted by molar-refractivity contribution is -0.138. The van der Waals surface area contributed by atoms with Gasteiger partial charge in [-0.15, -0.1) is 0 Å². The average molecular weight is 237 g/mol. The minimum Gasteiger partial charge on any atom is -0.508 e. The Morgan fingerprint density at radius 3 is 2.41 bits per heavy atom. The maximum atomic E-state index is 10.7. The van der Waals surface area contributed by atoms with E-state index >= 15 is 0 Å². The lowest BCUT2D eigenvalue weighted by Gasteiger charge is -2.26. The summed E-state index contributed by atoms with van der Waals surface area (Å²) in [5.74, 6) is -0.552. The SMILES string of the molecule is CCN(CC(=O)O)C(C)Cc1ccc(O)cc1. The van der Waals surface area contributed by atoms with Gasteiger partial charge in [0, 0.05) is 6.04 Å². The van der Waals surface area contributed by atoms with Crippen LogP contribution < -0.4 is 0 Å². The molecule has 0 aromatic heterocycles. The minimum absolute atomic E-state index is 0.0652. The Bertz CT molecular complexity index is 361. The van der Waals surface area contributed by atoms with Crippen LogP contribution >= 0.6 is 0 Å². The number of nitrogens with zero attached hydrogens (tertiary/aromatic N) is 1. The second kappa shape index (κ2) is 6.25. The summed E-state index contributed by atoms with van der Waals surface area (Å²) >= 11 is 0. The van der Waals surface area contributed by atoms with Crippen LogP contribution in [-0.2, 0) is 11.2 Å². The number of carboxylic acids is 1. The predicted molar refractivity (Wildman–Crippen MR) is 66.2 cm³/mol. The Kier molecular flexibility index (Phi) is 4.97. The van der Waals surface area contributed by atoms with Gasteiger partial charge in [-0.3, -0.25) is 9.69 Å². The first kappa shape index (κ1) is 13.5. The van der Waals surface area contributed by atoms with Crippen LogP contribution in [0.1, 0.15) is 19.4 Å². The molecule has 0 amide bonds. The van der Waals surface area contributed by atoms with Crippen molar-refractivity contribution >= 4 is 5.97 Å². The highest BCUT2D eigenvalue weighted by molar-refractivity contribution is 5.69. The van der Waals surface area contributed by atoms with E-state index in [1.54, 1.807) is 12.1 Å². The van der Waals surface area contributed by atoms with E-state index in [1.165, 1.54) is 0 Å². The van der Waals surface area contributed by atoms with Crippen molar-refractivity contribution in [2.45, 2.75) is 26.3 Å². The fourth-order valence-electron chi connectivity index (χ4n) is 1.86. The molecule has 0 fully saturated rings. The zero-order chi connectivity index (χ0) is 12.8. The average Bonchev–Trinajstić information content (AvgIpc) is 2.28. The first-order valence-electron chi connectivity index (χ1n) is 5.76. The Morgan fingerprint density at radius 2 is 1.94 bits per heavy atom. The molecule has 1 atom stereocenters. The maximum Gasteiger partial charge on any atom is 0.317 e. The van der Waals surface area contributed by atoms with Crippen molar-refractivity contribution in [2.24, 2.45) is 0 Å². The first-order chi connectivity index (χ1) is 8.02. The molecular formula is C13H19NO3. The highest BCUT2D eigenvalue weighted by Gasteiger charge is 2.15. The van der Waals surface area contributed by atoms with Crippen LogP contribution in [0.25, 0.3) is 0 Å². The maximum absolute atomic E-state index is 10.7. The molecule has 0 spiro atoms. The molecule has 4 heteroatoms. The summed E-state index contributed by atoms with van der Waals surface area (Å²) in [6, 6.07) is 7.19. The molecule has 0 aliphatic carbocycles. The van der Waals surface area contributed by atoms with Gasteiger partial charge in [-0.1, -0.05) is 19.1 Å². The van der Waals surface area contributed by atoms with Gasteiger partial charge >= 0.3 is 5.97 Å². The number of carbonyl (C=O) groups is 1. The molecule has 0 radical (unpaired) electrons. The predicted octanol–water partition coefficient (Wildman–Crippen LogP) is 1.73. The van der Waals surface area contributed by atoms with Crippen molar-refractivity contribution in [3.8, 4) is 5.75 Å². The Balaban J connectivity index is 2.60. The third kappa shape index (κ3) is 4.44. The molecule has 4 nitrogen and oxygen atoms in total. The Labute approximate surface area is 101 Å². The largest absolute Gasteiger partial charge is 0.508 e. The fraction of sp³-hybridized carbons (Fsp3) is 0.462. The molecule has 0 aliphatic rings. The fourth-order valence-corrected chi connectivity index (χ4v) is 1.86. The van der Waals surface area contributed by atoms with Crippen LogP contribution in [0, 0.1) is 0 Å². The highest BCUT2D eigenvalue weighted by Crippen LogP contribution is 2.13. The van der Waals surface area contributed by atoms with E-state index in [0.717, 1.165) is 12.0 Å². The molecule has 2 N–H and O–H groups in total. The lowest BCUT2D eigenvalue weighted by atomic mass is 10.1. The zero-order valence-electron chi connectivity index (χ0n) is 10.3. The van der Waals surface area contributed by atoms with Crippen LogP contribution in [0.2, 0.25) is 0 Å². The molecule has 1 rings (SSSR count). The Morgan fingerprint density at radius 1 is 1.35 bits per heavy atom. The number of benzene rings is 1. The molecular weight excluding hydrogens is 218 g/mol. The number of rotatable bonds is 6. The molecule has 94 valence electrons. The normalized spacial score (nSPS) is 12.6. The van der Waals surface area contributed by atoms with E-state index in [1.807, 2.05) is 30.9 Å². The van der Waals surface area contributed by atoms with Crippen LogP contribution in [0.15, 0.2) is 24.3 Å². The summed E-state index contributed by atoms with van der Waals surface area (Å²) in [5.41, 5.74) is 1.10. The van der Waals surface area contributed by atoms with Gasteiger partial charge in [0.15, 0.2) is 0 Å². The molecule has 0 heterocycles. The first-order valence-corrected chi connectivity index (χ1v) is 5.76. The molecule has 0 saturated heterocycles. The number of hydrogen-bond acceptors (Lipinski definition) is 3. The van der Waals surface area contributed by atoms with Gasteiger partial charge in [-0.2, -0.15) is 0 Å². The molecule has 0 saturated carbocycles. The molecule has 0 aliphatic heterocycles. The number of phenols is 1. The number of carboxylic acid groups (broad SMARTS) is 1. The molecule has 1 aromatic carbocycles. The minimum atomic E-state index is -0.801. The summed E-state index contributed by atoms with van der Waals surface area (Å²) in [6.45, 7) is 4.75. The van der Waals surface area contributed by atoms with Gasteiger partial charge in [-0.05, 0) is 37.6 Å². The number of aromatic hydroxyl groups is 1. The van der Waals surface area contributed by atoms with Crippen molar-refractivity contribution in [3.05, 3.63) is 29.8 Å². The summed E-state index contributed by atoms with van der Waals surface area (Å²) in [6.07, 6.45) is 0.779.